The van der Waals surface area contributed by atoms with Crippen LogP contribution < -0.4 is 11.1 Å². The van der Waals surface area contributed by atoms with E-state index in [-0.39, 0.29) is 5.92 Å². The third-order valence-electron chi connectivity index (χ3n) is 5.53. The molecule has 0 radical (unpaired) electrons. The fourth-order valence-electron chi connectivity index (χ4n) is 3.92. The number of nitrogens with zero attached hydrogens (tertiary/aromatic N) is 2. The molecule has 0 saturated carbocycles. The molecule has 1 atom stereocenters. The van der Waals surface area contributed by atoms with Crippen molar-refractivity contribution >= 4 is 17.4 Å². The number of dihydropyridines is 1. The van der Waals surface area contributed by atoms with Gasteiger partial charge in [-0.1, -0.05) is 26.0 Å². The van der Waals surface area contributed by atoms with E-state index in [1.54, 1.807) is 6.92 Å². The molecule has 30 heavy (non-hydrogen) atoms. The molecule has 1 aromatic rings. The van der Waals surface area contributed by atoms with Crippen LogP contribution in [0.3, 0.4) is 0 Å². The van der Waals surface area contributed by atoms with Gasteiger partial charge in [-0.2, -0.15) is 0 Å². The number of piperidine rings is 1. The molecule has 0 aliphatic carbocycles. The van der Waals surface area contributed by atoms with E-state index < -0.39 is 12.1 Å². The number of benzene rings is 1. The summed E-state index contributed by atoms with van der Waals surface area (Å²) in [5.74, 6) is -0.237. The number of carbonyl (C=O) groups is 1. The zero-order chi connectivity index (χ0) is 21.7. The van der Waals surface area contributed by atoms with Crippen LogP contribution in [0, 0.1) is 12.8 Å². The molecule has 162 valence electrons. The Labute approximate surface area is 179 Å². The number of hydrogen-bond donors (Lipinski definition) is 2. The van der Waals surface area contributed by atoms with Gasteiger partial charge in [-0.25, -0.2) is 9.79 Å². The molecule has 2 heterocycles. The van der Waals surface area contributed by atoms with Gasteiger partial charge in [-0.15, -0.1) is 0 Å². The summed E-state index contributed by atoms with van der Waals surface area (Å²) < 4.78 is 5.27. The first-order chi connectivity index (χ1) is 14.4. The van der Waals surface area contributed by atoms with Crippen LogP contribution in [0.4, 0.5) is 5.69 Å². The Morgan fingerprint density at radius 3 is 2.67 bits per heavy atom. The van der Waals surface area contributed by atoms with Crippen LogP contribution in [-0.4, -0.2) is 42.4 Å². The molecule has 0 amide bonds. The van der Waals surface area contributed by atoms with E-state index in [0.717, 1.165) is 54.1 Å². The van der Waals surface area contributed by atoms with Gasteiger partial charge in [0.15, 0.2) is 0 Å². The molecule has 0 spiro atoms. The molecule has 2 aliphatic heterocycles. The standard InChI is InChI=1S/C24H34N4O2/c1-5-30-24(29)19-15-20(28-12-7-6-8-13-28)21(22(25)16(2)3)23(27-19)26-18-11-9-10-17(4)14-18/h9-11,14-16,23,26H,5-8,12-13,25H2,1-4H3. The van der Waals surface area contributed by atoms with Crippen molar-refractivity contribution < 1.29 is 9.53 Å². The Bertz CT molecular complexity index is 864. The van der Waals surface area contributed by atoms with E-state index in [1.165, 1.54) is 6.42 Å². The summed E-state index contributed by atoms with van der Waals surface area (Å²) in [6, 6.07) is 8.14. The van der Waals surface area contributed by atoms with Crippen LogP contribution in [-0.2, 0) is 9.53 Å². The number of aliphatic imine (C=N–C) groups is 1. The van der Waals surface area contributed by atoms with Gasteiger partial charge in [0.25, 0.3) is 0 Å². The minimum absolute atomic E-state index is 0.161. The van der Waals surface area contributed by atoms with E-state index in [4.69, 9.17) is 15.5 Å². The van der Waals surface area contributed by atoms with E-state index in [0.29, 0.717) is 12.3 Å². The van der Waals surface area contributed by atoms with E-state index in [1.807, 2.05) is 18.2 Å². The van der Waals surface area contributed by atoms with Crippen LogP contribution in [0.5, 0.6) is 0 Å². The highest BCUT2D eigenvalue weighted by molar-refractivity contribution is 6.41. The second-order valence-electron chi connectivity index (χ2n) is 8.25. The molecule has 6 heteroatoms. The number of likely N-dealkylation sites (tertiary alicyclic amines) is 1. The molecule has 3 N–H and O–H groups in total. The topological polar surface area (TPSA) is 79.9 Å². The summed E-state index contributed by atoms with van der Waals surface area (Å²) in [5, 5.41) is 3.50. The number of carbonyl (C=O) groups excluding carboxylic acids is 1. The maximum atomic E-state index is 12.6. The Morgan fingerprint density at radius 1 is 1.30 bits per heavy atom. The Morgan fingerprint density at radius 2 is 2.03 bits per heavy atom. The van der Waals surface area contributed by atoms with Crippen molar-refractivity contribution in [2.75, 3.05) is 25.0 Å². The second kappa shape index (κ2) is 9.83. The molecule has 1 aromatic carbocycles. The normalized spacial score (nSPS) is 21.1. The molecule has 6 nitrogen and oxygen atoms in total. The van der Waals surface area contributed by atoms with Crippen LogP contribution in [0.1, 0.15) is 45.6 Å². The lowest BCUT2D eigenvalue weighted by Crippen LogP contribution is -2.39. The van der Waals surface area contributed by atoms with Crippen molar-refractivity contribution in [1.82, 2.24) is 4.90 Å². The van der Waals surface area contributed by atoms with Crippen LogP contribution in [0.2, 0.25) is 0 Å². The largest absolute Gasteiger partial charge is 0.461 e. The summed E-state index contributed by atoms with van der Waals surface area (Å²) in [7, 11) is 0. The minimum Gasteiger partial charge on any atom is -0.461 e. The molecular weight excluding hydrogens is 376 g/mol. The molecule has 1 fully saturated rings. The first-order valence-corrected chi connectivity index (χ1v) is 11.0. The number of allylic oxidation sites excluding steroid dienone is 1. The van der Waals surface area contributed by atoms with Crippen LogP contribution >= 0.6 is 0 Å². The van der Waals surface area contributed by atoms with Gasteiger partial charge >= 0.3 is 5.97 Å². The average Bonchev–Trinajstić information content (AvgIpc) is 2.73. The Balaban J connectivity index is 2.08. The number of esters is 1. The van der Waals surface area contributed by atoms with Gasteiger partial charge in [0.1, 0.15) is 11.9 Å². The molecule has 3 rings (SSSR count). The monoisotopic (exact) mass is 410 g/mol. The van der Waals surface area contributed by atoms with Crippen molar-refractivity contribution in [3.63, 3.8) is 0 Å². The molecule has 2 aliphatic rings. The van der Waals surface area contributed by atoms with Gasteiger partial charge in [0.2, 0.25) is 0 Å². The maximum absolute atomic E-state index is 12.6. The lowest BCUT2D eigenvalue weighted by Gasteiger charge is -2.37. The SMILES string of the molecule is CCOC(=O)C1=NC(Nc2cccc(C)c2)C(=C(N)C(C)C)C(N2CCCCC2)=C1. The number of ether oxygens (including phenoxy) is 1. The molecule has 1 saturated heterocycles. The Kier molecular flexibility index (Phi) is 7.19. The smallest absolute Gasteiger partial charge is 0.356 e. The predicted molar refractivity (Wildman–Crippen MR) is 122 cm³/mol. The fraction of sp³-hybridized carbons (Fsp3) is 0.500. The van der Waals surface area contributed by atoms with Crippen molar-refractivity contribution in [3.8, 4) is 0 Å². The van der Waals surface area contributed by atoms with Crippen LogP contribution in [0.15, 0.2) is 52.3 Å². The zero-order valence-electron chi connectivity index (χ0n) is 18.6. The van der Waals surface area contributed by atoms with Gasteiger partial charge < -0.3 is 20.7 Å². The summed E-state index contributed by atoms with van der Waals surface area (Å²) in [6.07, 6.45) is 4.91. The molecular formula is C24H34N4O2. The summed E-state index contributed by atoms with van der Waals surface area (Å²) in [4.78, 5) is 19.7. The number of anilines is 1. The molecule has 0 aromatic heterocycles. The van der Waals surface area contributed by atoms with Gasteiger partial charge in [0.05, 0.1) is 6.61 Å². The number of nitrogens with one attached hydrogen (secondary N) is 1. The highest BCUT2D eigenvalue weighted by Gasteiger charge is 2.32. The number of rotatable bonds is 6. The van der Waals surface area contributed by atoms with Crippen molar-refractivity contribution in [3.05, 3.63) is 52.9 Å². The average molecular weight is 411 g/mol. The maximum Gasteiger partial charge on any atom is 0.356 e. The number of aryl methyl sites for hydroxylation is 1. The highest BCUT2D eigenvalue weighted by atomic mass is 16.5. The third kappa shape index (κ3) is 5.04. The second-order valence-corrected chi connectivity index (χ2v) is 8.25. The predicted octanol–water partition coefficient (Wildman–Crippen LogP) is 3.99. The van der Waals surface area contributed by atoms with Gasteiger partial charge in [-0.05, 0) is 62.8 Å². The lowest BCUT2D eigenvalue weighted by molar-refractivity contribution is -0.134. The highest BCUT2D eigenvalue weighted by Crippen LogP contribution is 2.32. The van der Waals surface area contributed by atoms with Crippen molar-refractivity contribution in [2.45, 2.75) is 53.1 Å². The quantitative estimate of drug-likeness (QED) is 0.693. The Hall–Kier alpha value is -2.76. The first-order valence-electron chi connectivity index (χ1n) is 11.0. The molecule has 1 unspecified atom stereocenters. The molecule has 0 bridgehead atoms. The van der Waals surface area contributed by atoms with Gasteiger partial charge in [-0.3, -0.25) is 0 Å². The van der Waals surface area contributed by atoms with Gasteiger partial charge in [0, 0.05) is 35.7 Å². The van der Waals surface area contributed by atoms with E-state index in [9.17, 15) is 4.79 Å². The fourth-order valence-corrected chi connectivity index (χ4v) is 3.92. The van der Waals surface area contributed by atoms with Crippen molar-refractivity contribution in [2.24, 2.45) is 16.6 Å². The van der Waals surface area contributed by atoms with Crippen LogP contribution in [0.25, 0.3) is 0 Å². The first kappa shape index (κ1) is 21.9. The van der Waals surface area contributed by atoms with Crippen molar-refractivity contribution in [1.29, 1.82) is 0 Å². The number of hydrogen-bond acceptors (Lipinski definition) is 6. The lowest BCUT2D eigenvalue weighted by atomic mass is 9.94. The summed E-state index contributed by atoms with van der Waals surface area (Å²) in [6.45, 7) is 10.3. The van der Waals surface area contributed by atoms with E-state index >= 15 is 0 Å². The summed E-state index contributed by atoms with van der Waals surface area (Å²) in [5.41, 5.74) is 11.8. The zero-order valence-corrected chi connectivity index (χ0v) is 18.6. The third-order valence-corrected chi connectivity index (χ3v) is 5.53. The minimum atomic E-state index is -0.449. The summed E-state index contributed by atoms with van der Waals surface area (Å²) >= 11 is 0. The van der Waals surface area contributed by atoms with E-state index in [2.05, 4.69) is 43.1 Å². The number of nitrogens with two attached hydrogens (primary N) is 1.